The zero-order valence-corrected chi connectivity index (χ0v) is 10.2. The van der Waals surface area contributed by atoms with E-state index in [4.69, 9.17) is 14.6 Å². The van der Waals surface area contributed by atoms with Crippen LogP contribution in [-0.4, -0.2) is 25.3 Å². The fraction of sp³-hybridized carbons (Fsp3) is 0.308. The molecular weight excluding hydrogens is 220 g/mol. The van der Waals surface area contributed by atoms with Crippen LogP contribution in [0.5, 0.6) is 11.5 Å². The molecule has 0 saturated carbocycles. The minimum absolute atomic E-state index is 0.123. The topological polar surface area (TPSA) is 55.8 Å². The van der Waals surface area contributed by atoms with E-state index in [2.05, 4.69) is 0 Å². The van der Waals surface area contributed by atoms with Crippen LogP contribution in [0, 0.1) is 0 Å². The molecule has 1 aromatic carbocycles. The molecule has 0 amide bonds. The van der Waals surface area contributed by atoms with E-state index in [9.17, 15) is 4.79 Å². The molecule has 1 aromatic rings. The van der Waals surface area contributed by atoms with E-state index in [0.29, 0.717) is 17.1 Å². The number of hydrogen-bond acceptors (Lipinski definition) is 3. The van der Waals surface area contributed by atoms with Crippen molar-refractivity contribution in [3.8, 4) is 11.5 Å². The Balaban J connectivity index is 3.30. The Kier molecular flexibility index (Phi) is 4.57. The SMILES string of the molecule is C/C=C\c1cc(OC)c(CC(=O)O)c(OC)c1. The zero-order chi connectivity index (χ0) is 12.8. The smallest absolute Gasteiger partial charge is 0.308 e. The van der Waals surface area contributed by atoms with Gasteiger partial charge in [-0.15, -0.1) is 0 Å². The van der Waals surface area contributed by atoms with Crippen LogP contribution in [0.15, 0.2) is 18.2 Å². The molecule has 0 heterocycles. The van der Waals surface area contributed by atoms with Crippen LogP contribution >= 0.6 is 0 Å². The first-order valence-electron chi connectivity index (χ1n) is 5.21. The van der Waals surface area contributed by atoms with Gasteiger partial charge in [-0.05, 0) is 24.6 Å². The van der Waals surface area contributed by atoms with E-state index >= 15 is 0 Å². The van der Waals surface area contributed by atoms with Crippen molar-refractivity contribution in [2.45, 2.75) is 13.3 Å². The number of hydrogen-bond donors (Lipinski definition) is 1. The summed E-state index contributed by atoms with van der Waals surface area (Å²) in [5.41, 5.74) is 1.46. The summed E-state index contributed by atoms with van der Waals surface area (Å²) in [6.45, 7) is 1.91. The van der Waals surface area contributed by atoms with E-state index in [1.165, 1.54) is 14.2 Å². The Morgan fingerprint density at radius 3 is 2.18 bits per heavy atom. The number of rotatable bonds is 5. The molecule has 4 heteroatoms. The van der Waals surface area contributed by atoms with Gasteiger partial charge in [0.25, 0.3) is 0 Å². The molecule has 0 saturated heterocycles. The molecule has 1 N–H and O–H groups in total. The van der Waals surface area contributed by atoms with Crippen molar-refractivity contribution in [2.24, 2.45) is 0 Å². The zero-order valence-electron chi connectivity index (χ0n) is 10.2. The molecule has 0 aromatic heterocycles. The summed E-state index contributed by atoms with van der Waals surface area (Å²) in [5.74, 6) is 0.139. The number of methoxy groups -OCH3 is 2. The molecule has 92 valence electrons. The maximum atomic E-state index is 10.8. The Hall–Kier alpha value is -1.97. The molecule has 0 bridgehead atoms. The van der Waals surface area contributed by atoms with Crippen LogP contribution in [0.2, 0.25) is 0 Å². The van der Waals surface area contributed by atoms with Crippen molar-refractivity contribution in [2.75, 3.05) is 14.2 Å². The molecule has 0 aliphatic carbocycles. The van der Waals surface area contributed by atoms with Crippen LogP contribution in [0.3, 0.4) is 0 Å². The van der Waals surface area contributed by atoms with Gasteiger partial charge in [0, 0.05) is 5.56 Å². The number of carboxylic acids is 1. The van der Waals surface area contributed by atoms with Gasteiger partial charge in [0.2, 0.25) is 0 Å². The molecule has 0 fully saturated rings. The quantitative estimate of drug-likeness (QED) is 0.852. The van der Waals surface area contributed by atoms with Gasteiger partial charge in [0.15, 0.2) is 0 Å². The Labute approximate surface area is 100 Å². The summed E-state index contributed by atoms with van der Waals surface area (Å²) in [6, 6.07) is 3.58. The molecule has 17 heavy (non-hydrogen) atoms. The van der Waals surface area contributed by atoms with Gasteiger partial charge in [-0.2, -0.15) is 0 Å². The predicted molar refractivity (Wildman–Crippen MR) is 65.6 cm³/mol. The summed E-state index contributed by atoms with van der Waals surface area (Å²) < 4.78 is 10.4. The second kappa shape index (κ2) is 5.94. The third kappa shape index (κ3) is 3.24. The van der Waals surface area contributed by atoms with E-state index in [1.54, 1.807) is 12.1 Å². The standard InChI is InChI=1S/C13H16O4/c1-4-5-9-6-11(16-2)10(8-13(14)15)12(7-9)17-3/h4-7H,8H2,1-3H3,(H,14,15)/b5-4-. The summed E-state index contributed by atoms with van der Waals surface area (Å²) in [4.78, 5) is 10.8. The first kappa shape index (κ1) is 13.1. The first-order valence-corrected chi connectivity index (χ1v) is 5.21. The van der Waals surface area contributed by atoms with Crippen molar-refractivity contribution in [1.82, 2.24) is 0 Å². The molecule has 1 rings (SSSR count). The number of aliphatic carboxylic acids is 1. The second-order valence-corrected chi connectivity index (χ2v) is 3.47. The largest absolute Gasteiger partial charge is 0.496 e. The van der Waals surface area contributed by atoms with Gasteiger partial charge in [0.1, 0.15) is 11.5 Å². The van der Waals surface area contributed by atoms with E-state index in [1.807, 2.05) is 19.1 Å². The van der Waals surface area contributed by atoms with E-state index in [0.717, 1.165) is 5.56 Å². The highest BCUT2D eigenvalue weighted by Gasteiger charge is 2.14. The fourth-order valence-electron chi connectivity index (χ4n) is 1.62. The van der Waals surface area contributed by atoms with Gasteiger partial charge >= 0.3 is 5.97 Å². The molecule has 0 aliphatic rings. The third-order valence-corrected chi connectivity index (χ3v) is 2.32. The van der Waals surface area contributed by atoms with Gasteiger partial charge in [-0.25, -0.2) is 0 Å². The Morgan fingerprint density at radius 1 is 1.29 bits per heavy atom. The lowest BCUT2D eigenvalue weighted by atomic mass is 10.1. The van der Waals surface area contributed by atoms with Crippen molar-refractivity contribution < 1.29 is 19.4 Å². The highest BCUT2D eigenvalue weighted by molar-refractivity contribution is 5.74. The second-order valence-electron chi connectivity index (χ2n) is 3.47. The van der Waals surface area contributed by atoms with Crippen LogP contribution < -0.4 is 9.47 Å². The summed E-state index contributed by atoms with van der Waals surface area (Å²) in [7, 11) is 3.03. The molecule has 0 radical (unpaired) electrons. The number of benzene rings is 1. The summed E-state index contributed by atoms with van der Waals surface area (Å²) in [5, 5.41) is 8.85. The van der Waals surface area contributed by atoms with Crippen molar-refractivity contribution in [3.05, 3.63) is 29.3 Å². The Bertz CT molecular complexity index is 410. The normalized spacial score (nSPS) is 10.5. The monoisotopic (exact) mass is 236 g/mol. The van der Waals surface area contributed by atoms with Crippen molar-refractivity contribution in [3.63, 3.8) is 0 Å². The molecule has 0 aliphatic heterocycles. The maximum Gasteiger partial charge on any atom is 0.308 e. The number of allylic oxidation sites excluding steroid dienone is 1. The van der Waals surface area contributed by atoms with Gasteiger partial charge in [-0.1, -0.05) is 12.2 Å². The van der Waals surface area contributed by atoms with Gasteiger partial charge in [-0.3, -0.25) is 4.79 Å². The van der Waals surface area contributed by atoms with E-state index in [-0.39, 0.29) is 6.42 Å². The lowest BCUT2D eigenvalue weighted by Gasteiger charge is -2.13. The summed E-state index contributed by atoms with van der Waals surface area (Å²) >= 11 is 0. The average molecular weight is 236 g/mol. The van der Waals surface area contributed by atoms with Crippen LogP contribution in [0.1, 0.15) is 18.1 Å². The predicted octanol–water partition coefficient (Wildman–Crippen LogP) is 2.36. The molecule has 0 spiro atoms. The van der Waals surface area contributed by atoms with E-state index < -0.39 is 5.97 Å². The highest BCUT2D eigenvalue weighted by atomic mass is 16.5. The van der Waals surface area contributed by atoms with Crippen LogP contribution in [0.25, 0.3) is 6.08 Å². The Morgan fingerprint density at radius 2 is 1.82 bits per heavy atom. The lowest BCUT2D eigenvalue weighted by Crippen LogP contribution is -2.05. The maximum absolute atomic E-state index is 10.8. The van der Waals surface area contributed by atoms with Crippen molar-refractivity contribution >= 4 is 12.0 Å². The fourth-order valence-corrected chi connectivity index (χ4v) is 1.62. The first-order chi connectivity index (χ1) is 8.12. The summed E-state index contributed by atoms with van der Waals surface area (Å²) in [6.07, 6.45) is 3.67. The third-order valence-electron chi connectivity index (χ3n) is 2.32. The minimum Gasteiger partial charge on any atom is -0.496 e. The van der Waals surface area contributed by atoms with Crippen LogP contribution in [-0.2, 0) is 11.2 Å². The van der Waals surface area contributed by atoms with Crippen molar-refractivity contribution in [1.29, 1.82) is 0 Å². The van der Waals surface area contributed by atoms with Gasteiger partial charge < -0.3 is 14.6 Å². The van der Waals surface area contributed by atoms with Crippen LogP contribution in [0.4, 0.5) is 0 Å². The molecule has 4 nitrogen and oxygen atoms in total. The van der Waals surface area contributed by atoms with Gasteiger partial charge in [0.05, 0.1) is 20.6 Å². The number of carboxylic acid groups (broad SMARTS) is 1. The molecular formula is C13H16O4. The average Bonchev–Trinajstić information content (AvgIpc) is 2.30. The molecule has 0 unspecified atom stereocenters. The number of ether oxygens (including phenoxy) is 2. The lowest BCUT2D eigenvalue weighted by molar-refractivity contribution is -0.136. The number of carbonyl (C=O) groups is 1. The minimum atomic E-state index is -0.916. The molecule has 0 atom stereocenters. The highest BCUT2D eigenvalue weighted by Crippen LogP contribution is 2.31.